The highest BCUT2D eigenvalue weighted by atomic mass is 35.5. The zero-order valence-electron chi connectivity index (χ0n) is 18.5. The number of aromatic nitrogens is 3. The molecular weight excluding hydrogens is 470 g/mol. The summed E-state index contributed by atoms with van der Waals surface area (Å²) in [5.74, 6) is 0. The molecule has 1 fully saturated rings. The van der Waals surface area contributed by atoms with E-state index >= 15 is 0 Å². The predicted octanol–water partition coefficient (Wildman–Crippen LogP) is 2.32. The van der Waals surface area contributed by atoms with Crippen LogP contribution < -0.4 is 10.5 Å². The maximum Gasteiger partial charge on any atom is 0.275 e. The number of unbranched alkanes of at least 4 members (excludes halogenated alkanes) is 3. The van der Waals surface area contributed by atoms with Gasteiger partial charge in [0.15, 0.2) is 0 Å². The summed E-state index contributed by atoms with van der Waals surface area (Å²) in [4.78, 5) is 23.7. The van der Waals surface area contributed by atoms with Gasteiger partial charge in [-0.25, -0.2) is 18.4 Å². The van der Waals surface area contributed by atoms with Crippen LogP contribution in [0.2, 0.25) is 5.15 Å². The zero-order chi connectivity index (χ0) is 23.4. The fourth-order valence-electron chi connectivity index (χ4n) is 4.17. The Morgan fingerprint density at radius 1 is 1.06 bits per heavy atom. The number of hydrogen-bond acceptors (Lipinski definition) is 8. The average molecular weight is 498 g/mol. The van der Waals surface area contributed by atoms with E-state index < -0.39 is 10.0 Å². The Morgan fingerprint density at radius 2 is 1.76 bits per heavy atom. The van der Waals surface area contributed by atoms with Crippen LogP contribution >= 0.6 is 11.6 Å². The summed E-state index contributed by atoms with van der Waals surface area (Å²) >= 11 is 6.34. The lowest BCUT2D eigenvalue weighted by molar-refractivity contribution is -0.0295. The van der Waals surface area contributed by atoms with Crippen LogP contribution in [0.1, 0.15) is 32.1 Å². The first kappa shape index (κ1) is 23.8. The Kier molecular flexibility index (Phi) is 7.40. The third-order valence-corrected chi connectivity index (χ3v) is 7.56. The number of nitrogens with zero attached hydrogens (tertiary/aromatic N) is 5. The topological polar surface area (TPSA) is 107 Å². The Morgan fingerprint density at radius 3 is 2.45 bits per heavy atom. The molecule has 0 unspecified atom stereocenters. The summed E-state index contributed by atoms with van der Waals surface area (Å²) in [5, 5.41) is 0.900. The number of piperazine rings is 1. The molecular formula is C21H28ClN5O5S. The average Bonchev–Trinajstić information content (AvgIpc) is 3.30. The summed E-state index contributed by atoms with van der Waals surface area (Å²) in [7, 11) is -3.25. The Labute approximate surface area is 197 Å². The molecule has 0 atom stereocenters. The van der Waals surface area contributed by atoms with Crippen molar-refractivity contribution < 1.29 is 17.9 Å². The number of sulfonamides is 1. The van der Waals surface area contributed by atoms with E-state index in [1.165, 1.54) is 16.9 Å². The highest BCUT2D eigenvalue weighted by Crippen LogP contribution is 2.24. The number of halogens is 1. The summed E-state index contributed by atoms with van der Waals surface area (Å²) in [6.45, 7) is 2.04. The molecule has 0 amide bonds. The first-order valence-corrected chi connectivity index (χ1v) is 13.3. The van der Waals surface area contributed by atoms with Crippen molar-refractivity contribution in [2.24, 2.45) is 0 Å². The van der Waals surface area contributed by atoms with Gasteiger partial charge in [-0.15, -0.1) is 0 Å². The van der Waals surface area contributed by atoms with Gasteiger partial charge < -0.3 is 14.4 Å². The molecule has 0 radical (unpaired) electrons. The van der Waals surface area contributed by atoms with E-state index in [4.69, 9.17) is 21.1 Å². The van der Waals surface area contributed by atoms with E-state index in [1.807, 2.05) is 4.90 Å². The van der Waals surface area contributed by atoms with Crippen molar-refractivity contribution in [3.05, 3.63) is 40.4 Å². The van der Waals surface area contributed by atoms with Gasteiger partial charge in [0.25, 0.3) is 5.56 Å². The summed E-state index contributed by atoms with van der Waals surface area (Å²) in [6.07, 6.45) is 10.1. The Balaban J connectivity index is 1.46. The lowest BCUT2D eigenvalue weighted by Crippen LogP contribution is -2.50. The molecule has 0 aliphatic carbocycles. The molecule has 0 bridgehead atoms. The van der Waals surface area contributed by atoms with Crippen molar-refractivity contribution in [3.63, 3.8) is 0 Å². The van der Waals surface area contributed by atoms with Crippen LogP contribution in [0.4, 0.5) is 5.69 Å². The molecule has 4 heterocycles. The second-order valence-corrected chi connectivity index (χ2v) is 10.6. The number of hydrogen-bond donors (Lipinski definition) is 0. The van der Waals surface area contributed by atoms with Gasteiger partial charge in [0.2, 0.25) is 16.3 Å². The number of aryl methyl sites for hydroxylation is 1. The molecule has 33 heavy (non-hydrogen) atoms. The molecule has 2 aliphatic heterocycles. The van der Waals surface area contributed by atoms with Crippen molar-refractivity contribution in [1.29, 1.82) is 0 Å². The minimum absolute atomic E-state index is 0.149. The molecule has 0 saturated carbocycles. The molecule has 180 valence electrons. The first-order chi connectivity index (χ1) is 15.8. The monoisotopic (exact) mass is 497 g/mol. The molecule has 2 aromatic heterocycles. The van der Waals surface area contributed by atoms with E-state index in [9.17, 15) is 13.2 Å². The third kappa shape index (κ3) is 5.59. The van der Waals surface area contributed by atoms with E-state index in [0.717, 1.165) is 32.1 Å². The van der Waals surface area contributed by atoms with Crippen molar-refractivity contribution in [2.75, 3.05) is 37.3 Å². The largest absolute Gasteiger partial charge is 0.459 e. The minimum Gasteiger partial charge on any atom is -0.459 e. The number of pyridine rings is 1. The van der Waals surface area contributed by atoms with Crippen LogP contribution in [0.15, 0.2) is 29.7 Å². The lowest BCUT2D eigenvalue weighted by Gasteiger charge is -2.34. The first-order valence-electron chi connectivity index (χ1n) is 11.0. The van der Waals surface area contributed by atoms with Gasteiger partial charge in [-0.1, -0.05) is 24.4 Å². The Hall–Kier alpha value is -2.37. The second-order valence-electron chi connectivity index (χ2n) is 8.21. The molecule has 1 saturated heterocycles. The molecule has 0 aromatic carbocycles. The van der Waals surface area contributed by atoms with E-state index in [0.29, 0.717) is 49.4 Å². The van der Waals surface area contributed by atoms with Crippen LogP contribution in [-0.2, 0) is 26.0 Å². The van der Waals surface area contributed by atoms with Crippen molar-refractivity contribution in [1.82, 2.24) is 18.8 Å². The zero-order valence-corrected chi connectivity index (χ0v) is 20.1. The number of anilines is 1. The van der Waals surface area contributed by atoms with Gasteiger partial charge in [0, 0.05) is 39.1 Å². The standard InChI is InChI=1S/C21H28ClN5O5S/c1-33(29,30)26-10-8-25(9-11-26)17-14-16-19(22)23-15-24-20(16)27(21(17)28)7-5-3-2-4-6-18-31-12-13-32-18/h12-15,18H,2-11H2,1H3. The van der Waals surface area contributed by atoms with Gasteiger partial charge >= 0.3 is 0 Å². The van der Waals surface area contributed by atoms with Crippen LogP contribution in [0.25, 0.3) is 11.0 Å². The molecule has 2 aromatic rings. The predicted molar refractivity (Wildman–Crippen MR) is 126 cm³/mol. The van der Waals surface area contributed by atoms with Crippen molar-refractivity contribution in [2.45, 2.75) is 44.9 Å². The smallest absolute Gasteiger partial charge is 0.275 e. The molecule has 10 nitrogen and oxygen atoms in total. The maximum atomic E-state index is 13.4. The number of rotatable bonds is 9. The fraction of sp³-hybridized carbons (Fsp3) is 0.571. The molecule has 4 rings (SSSR count). The molecule has 0 spiro atoms. The quantitative estimate of drug-likeness (QED) is 0.384. The van der Waals surface area contributed by atoms with Gasteiger partial charge in [-0.2, -0.15) is 4.31 Å². The molecule has 0 N–H and O–H groups in total. The van der Waals surface area contributed by atoms with Crippen molar-refractivity contribution in [3.8, 4) is 0 Å². The number of ether oxygens (including phenoxy) is 2. The normalized spacial score (nSPS) is 17.5. The summed E-state index contributed by atoms with van der Waals surface area (Å²) < 4.78 is 37.3. The van der Waals surface area contributed by atoms with E-state index in [1.54, 1.807) is 23.2 Å². The lowest BCUT2D eigenvalue weighted by atomic mass is 10.1. The third-order valence-electron chi connectivity index (χ3n) is 5.95. The van der Waals surface area contributed by atoms with Crippen LogP contribution in [-0.4, -0.2) is 66.0 Å². The minimum atomic E-state index is -3.25. The van der Waals surface area contributed by atoms with E-state index in [-0.39, 0.29) is 17.0 Å². The highest BCUT2D eigenvalue weighted by molar-refractivity contribution is 7.88. The van der Waals surface area contributed by atoms with Crippen LogP contribution in [0, 0.1) is 0 Å². The maximum absolute atomic E-state index is 13.4. The van der Waals surface area contributed by atoms with Crippen LogP contribution in [0.5, 0.6) is 0 Å². The second kappa shape index (κ2) is 10.3. The summed E-state index contributed by atoms with van der Waals surface area (Å²) in [5.41, 5.74) is 0.858. The van der Waals surface area contributed by atoms with Gasteiger partial charge in [-0.05, 0) is 18.9 Å². The van der Waals surface area contributed by atoms with Crippen LogP contribution in [0.3, 0.4) is 0 Å². The number of fused-ring (bicyclic) bond motifs is 1. The summed E-state index contributed by atoms with van der Waals surface area (Å²) in [6, 6.07) is 1.72. The Bertz CT molecular complexity index is 1170. The van der Waals surface area contributed by atoms with E-state index in [2.05, 4.69) is 9.97 Å². The van der Waals surface area contributed by atoms with Gasteiger partial charge in [0.05, 0.1) is 11.6 Å². The highest BCUT2D eigenvalue weighted by Gasteiger charge is 2.26. The molecule has 2 aliphatic rings. The van der Waals surface area contributed by atoms with Crippen molar-refractivity contribution >= 4 is 38.3 Å². The van der Waals surface area contributed by atoms with Gasteiger partial charge in [0.1, 0.15) is 35.3 Å². The molecule has 12 heteroatoms. The SMILES string of the molecule is CS(=O)(=O)N1CCN(c2cc3c(Cl)ncnc3n(CCCCCCC3OC=CO3)c2=O)CC1. The van der Waals surface area contributed by atoms with Gasteiger partial charge in [-0.3, -0.25) is 9.36 Å². The fourth-order valence-corrected chi connectivity index (χ4v) is 5.18.